The van der Waals surface area contributed by atoms with Gasteiger partial charge in [0.2, 0.25) is 0 Å². The van der Waals surface area contributed by atoms with Crippen molar-refractivity contribution in [3.8, 4) is 0 Å². The lowest BCUT2D eigenvalue weighted by Gasteiger charge is -2.21. The Hall–Kier alpha value is -0.610. The van der Waals surface area contributed by atoms with Crippen LogP contribution in [0.5, 0.6) is 0 Å². The highest BCUT2D eigenvalue weighted by molar-refractivity contribution is 5.69. The SMILES string of the molecule is CCCCCCCCCCCCCCCCCC(=O)OCCN(CCO)CCCCCCCCCCCCCCCC. The van der Waals surface area contributed by atoms with Gasteiger partial charge in [0.15, 0.2) is 0 Å². The van der Waals surface area contributed by atoms with Crippen molar-refractivity contribution >= 4 is 5.97 Å². The summed E-state index contributed by atoms with van der Waals surface area (Å²) in [5.74, 6) is -0.0508. The molecule has 1 N–H and O–H groups in total. The van der Waals surface area contributed by atoms with Crippen LogP contribution in [-0.4, -0.2) is 48.8 Å². The van der Waals surface area contributed by atoms with E-state index in [1.165, 1.54) is 173 Å². The van der Waals surface area contributed by atoms with Gasteiger partial charge in [0.25, 0.3) is 0 Å². The largest absolute Gasteiger partial charge is 0.464 e. The summed E-state index contributed by atoms with van der Waals surface area (Å²) in [4.78, 5) is 14.4. The normalized spacial score (nSPS) is 11.5. The fourth-order valence-electron chi connectivity index (χ4n) is 6.01. The summed E-state index contributed by atoms with van der Waals surface area (Å²) in [6.45, 7) is 7.61. The van der Waals surface area contributed by atoms with E-state index in [9.17, 15) is 9.90 Å². The van der Waals surface area contributed by atoms with Crippen molar-refractivity contribution in [1.29, 1.82) is 0 Å². The number of unbranched alkanes of at least 4 members (excludes halogenated alkanes) is 27. The van der Waals surface area contributed by atoms with E-state index in [-0.39, 0.29) is 12.6 Å². The average Bonchev–Trinajstić information content (AvgIpc) is 2.99. The van der Waals surface area contributed by atoms with Crippen molar-refractivity contribution in [1.82, 2.24) is 4.90 Å². The van der Waals surface area contributed by atoms with Gasteiger partial charge in [-0.3, -0.25) is 9.69 Å². The minimum Gasteiger partial charge on any atom is -0.464 e. The molecule has 0 aliphatic rings. The van der Waals surface area contributed by atoms with E-state index in [0.29, 0.717) is 19.6 Å². The van der Waals surface area contributed by atoms with Crippen LogP contribution in [0.2, 0.25) is 0 Å². The third-order valence-electron chi connectivity index (χ3n) is 8.90. The summed E-state index contributed by atoms with van der Waals surface area (Å²) in [7, 11) is 0. The third kappa shape index (κ3) is 33.9. The number of hydrogen-bond acceptors (Lipinski definition) is 4. The summed E-state index contributed by atoms with van der Waals surface area (Å²) in [6.07, 6.45) is 39.8. The summed E-state index contributed by atoms with van der Waals surface area (Å²) in [6, 6.07) is 0. The number of hydrogen-bond donors (Lipinski definition) is 1. The maximum absolute atomic E-state index is 12.1. The van der Waals surface area contributed by atoms with Gasteiger partial charge < -0.3 is 9.84 Å². The Balaban J connectivity index is 3.47. The number of nitrogens with zero attached hydrogens (tertiary/aromatic N) is 1. The van der Waals surface area contributed by atoms with Crippen molar-refractivity contribution < 1.29 is 14.6 Å². The number of rotatable bonds is 36. The van der Waals surface area contributed by atoms with Crippen molar-refractivity contribution in [2.75, 3.05) is 32.8 Å². The van der Waals surface area contributed by atoms with Crippen LogP contribution in [-0.2, 0) is 9.53 Å². The molecule has 4 heteroatoms. The monoisotopic (exact) mass is 596 g/mol. The Morgan fingerprint density at radius 2 is 0.786 bits per heavy atom. The highest BCUT2D eigenvalue weighted by atomic mass is 16.5. The molecule has 0 aliphatic carbocycles. The molecule has 0 atom stereocenters. The molecule has 0 saturated heterocycles. The van der Waals surface area contributed by atoms with Crippen LogP contribution >= 0.6 is 0 Å². The van der Waals surface area contributed by atoms with Gasteiger partial charge >= 0.3 is 5.97 Å². The van der Waals surface area contributed by atoms with E-state index in [1.54, 1.807) is 0 Å². The molecule has 0 spiro atoms. The number of aliphatic hydroxyl groups is 1. The molecule has 0 bridgehead atoms. The van der Waals surface area contributed by atoms with E-state index in [4.69, 9.17) is 4.74 Å². The van der Waals surface area contributed by atoms with Crippen molar-refractivity contribution in [2.45, 2.75) is 206 Å². The van der Waals surface area contributed by atoms with Crippen molar-refractivity contribution in [3.05, 3.63) is 0 Å². The molecule has 4 nitrogen and oxygen atoms in total. The van der Waals surface area contributed by atoms with Crippen LogP contribution in [0.3, 0.4) is 0 Å². The highest BCUT2D eigenvalue weighted by Gasteiger charge is 2.07. The summed E-state index contributed by atoms with van der Waals surface area (Å²) in [5, 5.41) is 9.41. The van der Waals surface area contributed by atoms with Gasteiger partial charge in [-0.1, -0.05) is 187 Å². The predicted molar refractivity (Wildman–Crippen MR) is 184 cm³/mol. The van der Waals surface area contributed by atoms with E-state index < -0.39 is 0 Å². The predicted octanol–water partition coefficient (Wildman–Crippen LogP) is 11.6. The fourth-order valence-corrected chi connectivity index (χ4v) is 6.01. The molecule has 0 amide bonds. The van der Waals surface area contributed by atoms with E-state index in [2.05, 4.69) is 18.7 Å². The smallest absolute Gasteiger partial charge is 0.305 e. The number of carbonyl (C=O) groups is 1. The van der Waals surface area contributed by atoms with Crippen LogP contribution in [0.1, 0.15) is 206 Å². The summed E-state index contributed by atoms with van der Waals surface area (Å²) >= 11 is 0. The zero-order valence-corrected chi connectivity index (χ0v) is 29.0. The van der Waals surface area contributed by atoms with Crippen molar-refractivity contribution in [3.63, 3.8) is 0 Å². The molecule has 0 rings (SSSR count). The molecule has 0 radical (unpaired) electrons. The fraction of sp³-hybridized carbons (Fsp3) is 0.974. The zero-order chi connectivity index (χ0) is 30.6. The lowest BCUT2D eigenvalue weighted by Crippen LogP contribution is -2.32. The molecule has 0 fully saturated rings. The van der Waals surface area contributed by atoms with E-state index in [1.807, 2.05) is 0 Å². The second-order valence-corrected chi connectivity index (χ2v) is 13.1. The molecule has 0 aromatic rings. The minimum atomic E-state index is -0.0508. The molecular formula is C38H77NO3. The molecule has 0 saturated carbocycles. The highest BCUT2D eigenvalue weighted by Crippen LogP contribution is 2.15. The minimum absolute atomic E-state index is 0.0508. The standard InChI is InChI=1S/C38H77NO3/c1-3-5-7-9-11-13-15-17-19-20-22-24-26-28-30-32-38(41)42-37-35-39(34-36-40)33-31-29-27-25-23-21-18-16-14-12-10-8-6-4-2/h40H,3-37H2,1-2H3. The van der Waals surface area contributed by atoms with Crippen LogP contribution < -0.4 is 0 Å². The van der Waals surface area contributed by atoms with Gasteiger partial charge in [-0.25, -0.2) is 0 Å². The topological polar surface area (TPSA) is 49.8 Å². The molecular weight excluding hydrogens is 518 g/mol. The molecule has 0 aromatic heterocycles. The molecule has 0 unspecified atom stereocenters. The first-order valence-electron chi connectivity index (χ1n) is 19.2. The first-order valence-corrected chi connectivity index (χ1v) is 19.2. The van der Waals surface area contributed by atoms with Gasteiger partial charge in [-0.05, 0) is 19.4 Å². The Labute approximate surface area is 264 Å². The van der Waals surface area contributed by atoms with Crippen molar-refractivity contribution in [2.24, 2.45) is 0 Å². The number of aliphatic hydroxyl groups excluding tert-OH is 1. The van der Waals surface area contributed by atoms with Crippen LogP contribution in [0.25, 0.3) is 0 Å². The van der Waals surface area contributed by atoms with Crippen LogP contribution in [0.4, 0.5) is 0 Å². The quantitative estimate of drug-likeness (QED) is 0.0578. The Kier molecular flexibility index (Phi) is 36.0. The van der Waals surface area contributed by atoms with Crippen LogP contribution in [0, 0.1) is 0 Å². The first-order chi connectivity index (χ1) is 20.7. The lowest BCUT2D eigenvalue weighted by molar-refractivity contribution is -0.144. The Morgan fingerprint density at radius 3 is 1.14 bits per heavy atom. The third-order valence-corrected chi connectivity index (χ3v) is 8.90. The van der Waals surface area contributed by atoms with Gasteiger partial charge in [0.1, 0.15) is 6.61 Å². The van der Waals surface area contributed by atoms with E-state index >= 15 is 0 Å². The number of ether oxygens (including phenoxy) is 1. The molecule has 0 heterocycles. The van der Waals surface area contributed by atoms with E-state index in [0.717, 1.165) is 25.9 Å². The maximum atomic E-state index is 12.1. The molecule has 252 valence electrons. The number of carbonyl (C=O) groups excluding carboxylic acids is 1. The second kappa shape index (κ2) is 36.6. The summed E-state index contributed by atoms with van der Waals surface area (Å²) < 4.78 is 5.50. The second-order valence-electron chi connectivity index (χ2n) is 13.1. The van der Waals surface area contributed by atoms with Gasteiger partial charge in [0, 0.05) is 19.5 Å². The zero-order valence-electron chi connectivity index (χ0n) is 29.0. The van der Waals surface area contributed by atoms with Gasteiger partial charge in [-0.2, -0.15) is 0 Å². The molecule has 0 aromatic carbocycles. The lowest BCUT2D eigenvalue weighted by atomic mass is 10.0. The number of esters is 1. The van der Waals surface area contributed by atoms with Gasteiger partial charge in [-0.15, -0.1) is 0 Å². The Bertz CT molecular complexity index is 513. The first kappa shape index (κ1) is 41.4. The van der Waals surface area contributed by atoms with Crippen LogP contribution in [0.15, 0.2) is 0 Å². The molecule has 0 aliphatic heterocycles. The Morgan fingerprint density at radius 1 is 0.452 bits per heavy atom. The average molecular weight is 596 g/mol. The molecule has 42 heavy (non-hydrogen) atoms. The maximum Gasteiger partial charge on any atom is 0.305 e. The summed E-state index contributed by atoms with van der Waals surface area (Å²) in [5.41, 5.74) is 0. The van der Waals surface area contributed by atoms with Gasteiger partial charge in [0.05, 0.1) is 6.61 Å².